The fourth-order valence-electron chi connectivity index (χ4n) is 2.63. The van der Waals surface area contributed by atoms with Crippen LogP contribution in [0.4, 0.5) is 0 Å². The summed E-state index contributed by atoms with van der Waals surface area (Å²) in [6.45, 7) is 10.5. The Morgan fingerprint density at radius 3 is 2.94 bits per heavy atom. The quantitative estimate of drug-likeness (QED) is 0.671. The van der Waals surface area contributed by atoms with Gasteiger partial charge in [-0.15, -0.1) is 0 Å². The van der Waals surface area contributed by atoms with Gasteiger partial charge in [-0.2, -0.15) is 0 Å². The van der Waals surface area contributed by atoms with Crippen LogP contribution in [-0.2, 0) is 9.53 Å². The molecule has 1 atom stereocenters. The van der Waals surface area contributed by atoms with E-state index in [-0.39, 0.29) is 5.91 Å². The van der Waals surface area contributed by atoms with E-state index in [0.717, 1.165) is 13.1 Å². The lowest BCUT2D eigenvalue weighted by molar-refractivity contribution is -0.121. The average Bonchev–Trinajstić information content (AvgIpc) is 2.80. The van der Waals surface area contributed by atoms with Gasteiger partial charge in [0.1, 0.15) is 0 Å². The van der Waals surface area contributed by atoms with Crippen molar-refractivity contribution in [3.63, 3.8) is 0 Å². The standard InChI is InChI=1S/C14H28N2O2/c1-4-18-11-8-15-14(17)7-10-16-9-5-6-13(16)12(2)3/h12-13H,4-11H2,1-3H3,(H,15,17)/t13-/m0/s1. The van der Waals surface area contributed by atoms with Gasteiger partial charge in [0.25, 0.3) is 0 Å². The second-order valence-corrected chi connectivity index (χ2v) is 5.29. The number of rotatable bonds is 8. The molecule has 0 spiro atoms. The molecule has 4 nitrogen and oxygen atoms in total. The molecule has 1 saturated heterocycles. The van der Waals surface area contributed by atoms with Gasteiger partial charge in [-0.25, -0.2) is 0 Å². The monoisotopic (exact) mass is 256 g/mol. The maximum atomic E-state index is 11.6. The van der Waals surface area contributed by atoms with Crippen molar-refractivity contribution in [1.29, 1.82) is 0 Å². The van der Waals surface area contributed by atoms with Gasteiger partial charge in [-0.3, -0.25) is 9.69 Å². The highest BCUT2D eigenvalue weighted by atomic mass is 16.5. The van der Waals surface area contributed by atoms with Crippen molar-refractivity contribution in [2.24, 2.45) is 5.92 Å². The lowest BCUT2D eigenvalue weighted by Crippen LogP contribution is -2.37. The van der Waals surface area contributed by atoms with Crippen molar-refractivity contribution in [3.8, 4) is 0 Å². The predicted molar refractivity (Wildman–Crippen MR) is 73.6 cm³/mol. The van der Waals surface area contributed by atoms with Gasteiger partial charge >= 0.3 is 0 Å². The number of carbonyl (C=O) groups is 1. The fourth-order valence-corrected chi connectivity index (χ4v) is 2.63. The zero-order chi connectivity index (χ0) is 13.4. The second-order valence-electron chi connectivity index (χ2n) is 5.29. The smallest absolute Gasteiger partial charge is 0.221 e. The third-order valence-corrected chi connectivity index (χ3v) is 3.58. The molecule has 1 amide bonds. The SMILES string of the molecule is CCOCCNC(=O)CCN1CCC[C@H]1C(C)C. The third-order valence-electron chi connectivity index (χ3n) is 3.58. The van der Waals surface area contributed by atoms with Gasteiger partial charge in [0, 0.05) is 32.2 Å². The second kappa shape index (κ2) is 8.48. The molecule has 18 heavy (non-hydrogen) atoms. The van der Waals surface area contributed by atoms with Crippen molar-refractivity contribution in [2.75, 3.05) is 32.8 Å². The van der Waals surface area contributed by atoms with E-state index in [0.29, 0.717) is 38.1 Å². The molecule has 1 heterocycles. The van der Waals surface area contributed by atoms with Crippen molar-refractivity contribution >= 4 is 5.91 Å². The Hall–Kier alpha value is -0.610. The van der Waals surface area contributed by atoms with Crippen LogP contribution in [-0.4, -0.2) is 49.7 Å². The predicted octanol–water partition coefficient (Wildman–Crippen LogP) is 1.65. The summed E-state index contributed by atoms with van der Waals surface area (Å²) in [7, 11) is 0. The van der Waals surface area contributed by atoms with Crippen molar-refractivity contribution < 1.29 is 9.53 Å². The molecule has 4 heteroatoms. The Bertz CT molecular complexity index is 244. The first-order chi connectivity index (χ1) is 8.65. The Balaban J connectivity index is 2.13. The molecule has 0 unspecified atom stereocenters. The van der Waals surface area contributed by atoms with Crippen LogP contribution >= 0.6 is 0 Å². The van der Waals surface area contributed by atoms with Crippen LogP contribution in [0.25, 0.3) is 0 Å². The molecule has 0 radical (unpaired) electrons. The van der Waals surface area contributed by atoms with Gasteiger partial charge in [0.05, 0.1) is 6.61 Å². The number of nitrogens with zero attached hydrogens (tertiary/aromatic N) is 1. The van der Waals surface area contributed by atoms with Crippen LogP contribution in [0.2, 0.25) is 0 Å². The molecule has 0 bridgehead atoms. The topological polar surface area (TPSA) is 41.6 Å². The van der Waals surface area contributed by atoms with Gasteiger partial charge < -0.3 is 10.1 Å². The van der Waals surface area contributed by atoms with Crippen LogP contribution in [0.3, 0.4) is 0 Å². The minimum atomic E-state index is 0.143. The summed E-state index contributed by atoms with van der Waals surface area (Å²) in [5.41, 5.74) is 0. The molecule has 1 rings (SSSR count). The van der Waals surface area contributed by atoms with E-state index in [1.54, 1.807) is 0 Å². The number of carbonyl (C=O) groups excluding carboxylic acids is 1. The number of likely N-dealkylation sites (tertiary alicyclic amines) is 1. The lowest BCUT2D eigenvalue weighted by atomic mass is 10.0. The Morgan fingerprint density at radius 2 is 2.28 bits per heavy atom. The Kier molecular flexibility index (Phi) is 7.28. The van der Waals surface area contributed by atoms with E-state index in [2.05, 4.69) is 24.1 Å². The largest absolute Gasteiger partial charge is 0.380 e. The summed E-state index contributed by atoms with van der Waals surface area (Å²) < 4.78 is 5.19. The highest BCUT2D eigenvalue weighted by Gasteiger charge is 2.26. The maximum absolute atomic E-state index is 11.6. The van der Waals surface area contributed by atoms with E-state index in [4.69, 9.17) is 4.74 Å². The molecule has 1 aliphatic rings. The van der Waals surface area contributed by atoms with E-state index < -0.39 is 0 Å². The van der Waals surface area contributed by atoms with Gasteiger partial charge in [0.15, 0.2) is 0 Å². The molecular weight excluding hydrogens is 228 g/mol. The summed E-state index contributed by atoms with van der Waals surface area (Å²) in [5.74, 6) is 0.831. The number of nitrogens with one attached hydrogen (secondary N) is 1. The Morgan fingerprint density at radius 1 is 1.50 bits per heavy atom. The molecule has 0 aromatic rings. The first-order valence-corrected chi connectivity index (χ1v) is 7.23. The molecule has 0 aliphatic carbocycles. The van der Waals surface area contributed by atoms with E-state index in [1.165, 1.54) is 12.8 Å². The number of hydrogen-bond donors (Lipinski definition) is 1. The van der Waals surface area contributed by atoms with Crippen LogP contribution in [0, 0.1) is 5.92 Å². The molecule has 1 aliphatic heterocycles. The highest BCUT2D eigenvalue weighted by molar-refractivity contribution is 5.76. The summed E-state index contributed by atoms with van der Waals surface area (Å²) >= 11 is 0. The van der Waals surface area contributed by atoms with Crippen LogP contribution in [0.1, 0.15) is 40.0 Å². The minimum Gasteiger partial charge on any atom is -0.380 e. The summed E-state index contributed by atoms with van der Waals surface area (Å²) in [4.78, 5) is 14.1. The van der Waals surface area contributed by atoms with E-state index in [1.807, 2.05) is 6.92 Å². The van der Waals surface area contributed by atoms with E-state index >= 15 is 0 Å². The molecule has 0 aromatic heterocycles. The molecular formula is C14H28N2O2. The summed E-state index contributed by atoms with van der Waals surface area (Å²) in [5, 5.41) is 2.89. The summed E-state index contributed by atoms with van der Waals surface area (Å²) in [6.07, 6.45) is 3.16. The first kappa shape index (κ1) is 15.4. The maximum Gasteiger partial charge on any atom is 0.221 e. The average molecular weight is 256 g/mol. The molecule has 106 valence electrons. The Labute approximate surface area is 111 Å². The van der Waals surface area contributed by atoms with Crippen molar-refractivity contribution in [2.45, 2.75) is 46.1 Å². The highest BCUT2D eigenvalue weighted by Crippen LogP contribution is 2.23. The van der Waals surface area contributed by atoms with Crippen molar-refractivity contribution in [3.05, 3.63) is 0 Å². The van der Waals surface area contributed by atoms with E-state index in [9.17, 15) is 4.79 Å². The minimum absolute atomic E-state index is 0.143. The zero-order valence-electron chi connectivity index (χ0n) is 12.1. The van der Waals surface area contributed by atoms with Gasteiger partial charge in [0.2, 0.25) is 5.91 Å². The number of amides is 1. The van der Waals surface area contributed by atoms with Crippen LogP contribution < -0.4 is 5.32 Å². The number of ether oxygens (including phenoxy) is 1. The van der Waals surface area contributed by atoms with Crippen molar-refractivity contribution in [1.82, 2.24) is 10.2 Å². The van der Waals surface area contributed by atoms with Gasteiger partial charge in [-0.05, 0) is 32.2 Å². The normalized spacial score (nSPS) is 20.6. The van der Waals surface area contributed by atoms with Crippen LogP contribution in [0.5, 0.6) is 0 Å². The molecule has 1 N–H and O–H groups in total. The molecule has 0 saturated carbocycles. The zero-order valence-corrected chi connectivity index (χ0v) is 12.1. The first-order valence-electron chi connectivity index (χ1n) is 7.23. The lowest BCUT2D eigenvalue weighted by Gasteiger charge is -2.27. The fraction of sp³-hybridized carbons (Fsp3) is 0.929. The summed E-state index contributed by atoms with van der Waals surface area (Å²) in [6, 6.07) is 0.668. The molecule has 0 aromatic carbocycles. The number of hydrogen-bond acceptors (Lipinski definition) is 3. The van der Waals surface area contributed by atoms with Crippen LogP contribution in [0.15, 0.2) is 0 Å². The van der Waals surface area contributed by atoms with Gasteiger partial charge in [-0.1, -0.05) is 13.8 Å². The molecule has 1 fully saturated rings. The third kappa shape index (κ3) is 5.36.